The third kappa shape index (κ3) is 6.27. The normalized spacial score (nSPS) is 10.8. The van der Waals surface area contributed by atoms with Crippen LogP contribution in [-0.2, 0) is 13.0 Å². The van der Waals surface area contributed by atoms with Crippen LogP contribution in [0.3, 0.4) is 0 Å². The third-order valence-corrected chi connectivity index (χ3v) is 2.96. The van der Waals surface area contributed by atoms with E-state index in [-0.39, 0.29) is 24.0 Å². The van der Waals surface area contributed by atoms with Gasteiger partial charge in [0.05, 0.1) is 0 Å². The van der Waals surface area contributed by atoms with Crippen molar-refractivity contribution in [3.8, 4) is 0 Å². The summed E-state index contributed by atoms with van der Waals surface area (Å²) >= 11 is 0. The highest BCUT2D eigenvalue weighted by molar-refractivity contribution is 14.0. The van der Waals surface area contributed by atoms with Gasteiger partial charge >= 0.3 is 0 Å². The highest BCUT2D eigenvalue weighted by atomic mass is 127. The zero-order valence-corrected chi connectivity index (χ0v) is 14.8. The minimum atomic E-state index is 0. The van der Waals surface area contributed by atoms with E-state index >= 15 is 0 Å². The third-order valence-electron chi connectivity index (χ3n) is 2.96. The first-order valence-corrected chi connectivity index (χ1v) is 6.70. The second-order valence-electron chi connectivity index (χ2n) is 4.50. The van der Waals surface area contributed by atoms with E-state index in [9.17, 15) is 0 Å². The Kier molecular flexibility index (Phi) is 9.65. The first-order chi connectivity index (χ1) is 8.71. The fourth-order valence-corrected chi connectivity index (χ4v) is 1.85. The van der Waals surface area contributed by atoms with Gasteiger partial charge in [-0.25, -0.2) is 0 Å². The smallest absolute Gasteiger partial charge is 0.193 e. The van der Waals surface area contributed by atoms with Crippen molar-refractivity contribution in [1.82, 2.24) is 10.2 Å². The lowest BCUT2D eigenvalue weighted by molar-refractivity contribution is 0.476. The molecule has 0 saturated heterocycles. The van der Waals surface area contributed by atoms with E-state index in [2.05, 4.69) is 60.4 Å². The van der Waals surface area contributed by atoms with Crippen LogP contribution < -0.4 is 5.32 Å². The molecule has 0 aliphatic carbocycles. The van der Waals surface area contributed by atoms with Crippen molar-refractivity contribution in [2.24, 2.45) is 4.99 Å². The molecule has 108 valence electrons. The lowest BCUT2D eigenvalue weighted by Crippen LogP contribution is -2.38. The molecular formula is C15H26IN3. The van der Waals surface area contributed by atoms with E-state index in [4.69, 9.17) is 0 Å². The zero-order valence-electron chi connectivity index (χ0n) is 12.4. The molecule has 0 aliphatic heterocycles. The van der Waals surface area contributed by atoms with E-state index in [0.29, 0.717) is 0 Å². The maximum absolute atomic E-state index is 4.29. The van der Waals surface area contributed by atoms with Crippen LogP contribution in [0.25, 0.3) is 0 Å². The molecule has 3 nitrogen and oxygen atoms in total. The van der Waals surface area contributed by atoms with Gasteiger partial charge in [-0.2, -0.15) is 0 Å². The molecule has 0 bridgehead atoms. The van der Waals surface area contributed by atoms with Gasteiger partial charge in [0, 0.05) is 27.2 Å². The highest BCUT2D eigenvalue weighted by Gasteiger charge is 2.05. The first kappa shape index (κ1) is 18.2. The summed E-state index contributed by atoms with van der Waals surface area (Å²) in [5.41, 5.74) is 2.70. The molecule has 1 rings (SSSR count). The molecular weight excluding hydrogens is 349 g/mol. The Hall–Kier alpha value is -0.780. The molecule has 0 aromatic heterocycles. The minimum Gasteiger partial charge on any atom is -0.356 e. The molecule has 1 N–H and O–H groups in total. The predicted octanol–water partition coefficient (Wildman–Crippen LogP) is 3.28. The molecule has 0 atom stereocenters. The number of halogens is 1. The Morgan fingerprint density at radius 2 is 1.74 bits per heavy atom. The maximum atomic E-state index is 4.29. The summed E-state index contributed by atoms with van der Waals surface area (Å²) < 4.78 is 0. The van der Waals surface area contributed by atoms with E-state index in [0.717, 1.165) is 31.9 Å². The van der Waals surface area contributed by atoms with Gasteiger partial charge in [0.1, 0.15) is 0 Å². The van der Waals surface area contributed by atoms with Crippen LogP contribution in [-0.4, -0.2) is 31.5 Å². The Morgan fingerprint density at radius 3 is 2.21 bits per heavy atom. The van der Waals surface area contributed by atoms with E-state index in [1.807, 2.05) is 7.05 Å². The lowest BCUT2D eigenvalue weighted by atomic mass is 10.1. The number of rotatable bonds is 5. The number of aliphatic imine (C=N–C) groups is 1. The van der Waals surface area contributed by atoms with Crippen molar-refractivity contribution in [3.63, 3.8) is 0 Å². The van der Waals surface area contributed by atoms with Crippen LogP contribution in [0.1, 0.15) is 31.4 Å². The van der Waals surface area contributed by atoms with E-state index in [1.165, 1.54) is 11.1 Å². The summed E-state index contributed by atoms with van der Waals surface area (Å²) in [6, 6.07) is 8.79. The molecule has 0 unspecified atom stereocenters. The topological polar surface area (TPSA) is 27.6 Å². The molecule has 4 heteroatoms. The summed E-state index contributed by atoms with van der Waals surface area (Å²) in [6.07, 6.45) is 2.20. The molecule has 0 saturated carbocycles. The lowest BCUT2D eigenvalue weighted by Gasteiger charge is -2.22. The van der Waals surface area contributed by atoms with Crippen LogP contribution in [0.5, 0.6) is 0 Å². The van der Waals surface area contributed by atoms with Crippen LogP contribution in [0.2, 0.25) is 0 Å². The molecule has 0 radical (unpaired) electrons. The summed E-state index contributed by atoms with van der Waals surface area (Å²) in [5, 5.41) is 3.34. The maximum Gasteiger partial charge on any atom is 0.193 e. The summed E-state index contributed by atoms with van der Waals surface area (Å²) in [5.74, 6) is 0.955. The van der Waals surface area contributed by atoms with E-state index in [1.54, 1.807) is 0 Å². The Labute approximate surface area is 134 Å². The standard InChI is InChI=1S/C15H25N3.HI/c1-5-11-17-15(16-3)18(4)12-14-9-7-13(6-2)8-10-14;/h7-10H,5-6,11-12H2,1-4H3,(H,16,17);1H. The Bertz CT molecular complexity index is 373. The van der Waals surface area contributed by atoms with Gasteiger partial charge < -0.3 is 10.2 Å². The van der Waals surface area contributed by atoms with Crippen molar-refractivity contribution in [3.05, 3.63) is 35.4 Å². The van der Waals surface area contributed by atoms with Crippen LogP contribution >= 0.6 is 24.0 Å². The second-order valence-corrected chi connectivity index (χ2v) is 4.50. The number of nitrogens with zero attached hydrogens (tertiary/aromatic N) is 2. The molecule has 19 heavy (non-hydrogen) atoms. The predicted molar refractivity (Wildman–Crippen MR) is 94.4 cm³/mol. The van der Waals surface area contributed by atoms with Crippen molar-refractivity contribution < 1.29 is 0 Å². The molecule has 0 amide bonds. The summed E-state index contributed by atoms with van der Waals surface area (Å²) in [6.45, 7) is 6.18. The fraction of sp³-hybridized carbons (Fsp3) is 0.533. The van der Waals surface area contributed by atoms with Gasteiger partial charge in [-0.1, -0.05) is 38.1 Å². The molecule has 0 heterocycles. The first-order valence-electron chi connectivity index (χ1n) is 6.70. The number of hydrogen-bond donors (Lipinski definition) is 1. The van der Waals surface area contributed by atoms with Gasteiger partial charge in [-0.3, -0.25) is 4.99 Å². The molecule has 1 aromatic carbocycles. The van der Waals surface area contributed by atoms with Crippen molar-refractivity contribution >= 4 is 29.9 Å². The molecule has 0 fully saturated rings. The molecule has 0 spiro atoms. The summed E-state index contributed by atoms with van der Waals surface area (Å²) in [7, 11) is 3.90. The van der Waals surface area contributed by atoms with Crippen molar-refractivity contribution in [1.29, 1.82) is 0 Å². The van der Waals surface area contributed by atoms with Gasteiger partial charge in [-0.05, 0) is 24.0 Å². The number of hydrogen-bond acceptors (Lipinski definition) is 1. The van der Waals surface area contributed by atoms with Gasteiger partial charge in [0.2, 0.25) is 0 Å². The zero-order chi connectivity index (χ0) is 13.4. The number of benzene rings is 1. The second kappa shape index (κ2) is 10.1. The highest BCUT2D eigenvalue weighted by Crippen LogP contribution is 2.07. The van der Waals surface area contributed by atoms with E-state index < -0.39 is 0 Å². The Morgan fingerprint density at radius 1 is 1.16 bits per heavy atom. The monoisotopic (exact) mass is 375 g/mol. The van der Waals surface area contributed by atoms with Gasteiger partial charge in [0.15, 0.2) is 5.96 Å². The average Bonchev–Trinajstić information content (AvgIpc) is 2.40. The number of nitrogens with one attached hydrogen (secondary N) is 1. The molecule has 1 aromatic rings. The van der Waals surface area contributed by atoms with Gasteiger partial charge in [-0.15, -0.1) is 24.0 Å². The number of aryl methyl sites for hydroxylation is 1. The van der Waals surface area contributed by atoms with Gasteiger partial charge in [0.25, 0.3) is 0 Å². The number of guanidine groups is 1. The van der Waals surface area contributed by atoms with Crippen LogP contribution in [0.4, 0.5) is 0 Å². The minimum absolute atomic E-state index is 0. The van der Waals surface area contributed by atoms with Crippen LogP contribution in [0.15, 0.2) is 29.3 Å². The average molecular weight is 375 g/mol. The van der Waals surface area contributed by atoms with Crippen molar-refractivity contribution in [2.75, 3.05) is 20.6 Å². The SMILES string of the molecule is CCCNC(=NC)N(C)Cc1ccc(CC)cc1.I. The van der Waals surface area contributed by atoms with Crippen molar-refractivity contribution in [2.45, 2.75) is 33.2 Å². The molecule has 0 aliphatic rings. The Balaban J connectivity index is 0.00000324. The largest absolute Gasteiger partial charge is 0.356 e. The van der Waals surface area contributed by atoms with Crippen LogP contribution in [0, 0.1) is 0 Å². The quantitative estimate of drug-likeness (QED) is 0.486. The summed E-state index contributed by atoms with van der Waals surface area (Å²) in [4.78, 5) is 6.44. The fourth-order valence-electron chi connectivity index (χ4n) is 1.85.